The minimum atomic E-state index is -0.155. The second kappa shape index (κ2) is 6.02. The maximum Gasteiger partial charge on any atom is 0.123 e. The molecule has 2 atom stereocenters. The Bertz CT molecular complexity index is 415. The fourth-order valence-corrected chi connectivity index (χ4v) is 3.36. The molecule has 1 aromatic carbocycles. The van der Waals surface area contributed by atoms with Crippen LogP contribution in [0.25, 0.3) is 0 Å². The maximum atomic E-state index is 13.5. The van der Waals surface area contributed by atoms with Gasteiger partial charge in [-0.25, -0.2) is 4.39 Å². The lowest BCUT2D eigenvalue weighted by molar-refractivity contribution is 0.0872. The standard InChI is InChI=1S/C16H25FN2/c1-4-16(2,19-10-5-6-11-19)15(18-3)13-8-7-9-14(17)12-13/h7-9,12,15,18H,4-6,10-11H2,1-3H3. The fraction of sp³-hybridized carbons (Fsp3) is 0.625. The van der Waals surface area contributed by atoms with E-state index in [1.54, 1.807) is 12.1 Å². The average Bonchev–Trinajstić information content (AvgIpc) is 2.94. The highest BCUT2D eigenvalue weighted by molar-refractivity contribution is 5.24. The van der Waals surface area contributed by atoms with E-state index >= 15 is 0 Å². The van der Waals surface area contributed by atoms with Gasteiger partial charge in [-0.1, -0.05) is 19.1 Å². The van der Waals surface area contributed by atoms with Gasteiger partial charge in [0.25, 0.3) is 0 Å². The van der Waals surface area contributed by atoms with Gasteiger partial charge in [0.15, 0.2) is 0 Å². The van der Waals surface area contributed by atoms with Crippen LogP contribution < -0.4 is 5.32 Å². The summed E-state index contributed by atoms with van der Waals surface area (Å²) in [6.45, 7) is 6.82. The molecule has 2 unspecified atom stereocenters. The molecule has 1 fully saturated rings. The molecule has 19 heavy (non-hydrogen) atoms. The zero-order valence-corrected chi connectivity index (χ0v) is 12.2. The van der Waals surface area contributed by atoms with Crippen LogP contribution in [0.1, 0.15) is 44.7 Å². The number of hydrogen-bond acceptors (Lipinski definition) is 2. The quantitative estimate of drug-likeness (QED) is 0.877. The molecule has 0 aromatic heterocycles. The summed E-state index contributed by atoms with van der Waals surface area (Å²) in [5, 5.41) is 3.41. The minimum absolute atomic E-state index is 0.0407. The zero-order chi connectivity index (χ0) is 13.9. The van der Waals surface area contributed by atoms with Crippen LogP contribution in [0.3, 0.4) is 0 Å². The Labute approximate surface area is 116 Å². The van der Waals surface area contributed by atoms with Gasteiger partial charge in [0.1, 0.15) is 5.82 Å². The van der Waals surface area contributed by atoms with Gasteiger partial charge in [-0.3, -0.25) is 4.90 Å². The molecule has 1 aliphatic rings. The van der Waals surface area contributed by atoms with Crippen molar-refractivity contribution in [2.24, 2.45) is 0 Å². The predicted octanol–water partition coefficient (Wildman–Crippen LogP) is 3.35. The highest BCUT2D eigenvalue weighted by Crippen LogP contribution is 2.36. The molecule has 1 saturated heterocycles. The smallest absolute Gasteiger partial charge is 0.123 e. The summed E-state index contributed by atoms with van der Waals surface area (Å²) in [5.74, 6) is -0.155. The third-order valence-corrected chi connectivity index (χ3v) is 4.64. The molecular formula is C16H25FN2. The monoisotopic (exact) mass is 264 g/mol. The van der Waals surface area contributed by atoms with Crippen LogP contribution in [0.2, 0.25) is 0 Å². The van der Waals surface area contributed by atoms with E-state index in [0.29, 0.717) is 0 Å². The molecule has 1 aromatic rings. The van der Waals surface area contributed by atoms with Crippen LogP contribution in [0.15, 0.2) is 24.3 Å². The summed E-state index contributed by atoms with van der Waals surface area (Å²) in [6.07, 6.45) is 3.60. The molecule has 0 saturated carbocycles. The molecule has 1 N–H and O–H groups in total. The van der Waals surface area contributed by atoms with Crippen molar-refractivity contribution in [1.29, 1.82) is 0 Å². The summed E-state index contributed by atoms with van der Waals surface area (Å²) in [5.41, 5.74) is 1.08. The number of rotatable bonds is 5. The van der Waals surface area contributed by atoms with E-state index in [0.717, 1.165) is 25.1 Å². The van der Waals surface area contributed by atoms with Gasteiger partial charge in [0.2, 0.25) is 0 Å². The number of halogens is 1. The topological polar surface area (TPSA) is 15.3 Å². The zero-order valence-electron chi connectivity index (χ0n) is 12.2. The Balaban J connectivity index is 2.32. The lowest BCUT2D eigenvalue weighted by Crippen LogP contribution is -2.52. The molecule has 0 radical (unpaired) electrons. The molecule has 1 aliphatic heterocycles. The number of likely N-dealkylation sites (N-methyl/N-ethyl adjacent to an activating group) is 1. The summed E-state index contributed by atoms with van der Waals surface area (Å²) < 4.78 is 13.5. The first-order valence-corrected chi connectivity index (χ1v) is 7.29. The van der Waals surface area contributed by atoms with Gasteiger partial charge in [-0.2, -0.15) is 0 Å². The second-order valence-corrected chi connectivity index (χ2v) is 5.68. The molecular weight excluding hydrogens is 239 g/mol. The Kier molecular flexibility index (Phi) is 4.58. The number of likely N-dealkylation sites (tertiary alicyclic amines) is 1. The van der Waals surface area contributed by atoms with Crippen molar-refractivity contribution in [2.75, 3.05) is 20.1 Å². The van der Waals surface area contributed by atoms with E-state index in [9.17, 15) is 4.39 Å². The molecule has 0 amide bonds. The van der Waals surface area contributed by atoms with Gasteiger partial charge in [0, 0.05) is 5.54 Å². The molecule has 106 valence electrons. The average molecular weight is 264 g/mol. The normalized spacial score (nSPS) is 21.3. The van der Waals surface area contributed by atoms with Gasteiger partial charge >= 0.3 is 0 Å². The van der Waals surface area contributed by atoms with Crippen LogP contribution in [0.4, 0.5) is 4.39 Å². The first-order chi connectivity index (χ1) is 9.11. The number of nitrogens with one attached hydrogen (secondary N) is 1. The van der Waals surface area contributed by atoms with Crippen LogP contribution in [0.5, 0.6) is 0 Å². The lowest BCUT2D eigenvalue weighted by Gasteiger charge is -2.44. The van der Waals surface area contributed by atoms with Gasteiger partial charge in [-0.05, 0) is 64.0 Å². The SMILES string of the molecule is CCC(C)(C(NC)c1cccc(F)c1)N1CCCC1. The first-order valence-electron chi connectivity index (χ1n) is 7.29. The Morgan fingerprint density at radius 3 is 2.58 bits per heavy atom. The van der Waals surface area contributed by atoms with E-state index < -0.39 is 0 Å². The molecule has 0 spiro atoms. The highest BCUT2D eigenvalue weighted by Gasteiger charge is 2.39. The van der Waals surface area contributed by atoms with E-state index in [1.165, 1.54) is 18.9 Å². The summed E-state index contributed by atoms with van der Waals surface area (Å²) in [6, 6.07) is 7.15. The van der Waals surface area contributed by atoms with E-state index in [1.807, 2.05) is 13.1 Å². The lowest BCUT2D eigenvalue weighted by atomic mass is 9.83. The van der Waals surface area contributed by atoms with E-state index in [4.69, 9.17) is 0 Å². The van der Waals surface area contributed by atoms with Crippen molar-refractivity contribution in [1.82, 2.24) is 10.2 Å². The molecule has 2 nitrogen and oxygen atoms in total. The maximum absolute atomic E-state index is 13.5. The van der Waals surface area contributed by atoms with E-state index in [-0.39, 0.29) is 17.4 Å². The highest BCUT2D eigenvalue weighted by atomic mass is 19.1. The predicted molar refractivity (Wildman–Crippen MR) is 77.7 cm³/mol. The number of benzene rings is 1. The summed E-state index contributed by atoms with van der Waals surface area (Å²) in [7, 11) is 1.97. The molecule has 2 rings (SSSR count). The number of nitrogens with zero attached hydrogens (tertiary/aromatic N) is 1. The molecule has 1 heterocycles. The Morgan fingerprint density at radius 2 is 2.05 bits per heavy atom. The number of hydrogen-bond donors (Lipinski definition) is 1. The largest absolute Gasteiger partial charge is 0.311 e. The van der Waals surface area contributed by atoms with Crippen LogP contribution in [-0.4, -0.2) is 30.6 Å². The van der Waals surface area contributed by atoms with E-state index in [2.05, 4.69) is 24.1 Å². The Hall–Kier alpha value is -0.930. The minimum Gasteiger partial charge on any atom is -0.311 e. The second-order valence-electron chi connectivity index (χ2n) is 5.68. The Morgan fingerprint density at radius 1 is 1.37 bits per heavy atom. The van der Waals surface area contributed by atoms with Gasteiger partial charge in [0.05, 0.1) is 6.04 Å². The fourth-order valence-electron chi connectivity index (χ4n) is 3.36. The van der Waals surface area contributed by atoms with Crippen LogP contribution >= 0.6 is 0 Å². The van der Waals surface area contributed by atoms with Crippen molar-refractivity contribution >= 4 is 0 Å². The van der Waals surface area contributed by atoms with Crippen molar-refractivity contribution in [3.63, 3.8) is 0 Å². The van der Waals surface area contributed by atoms with Crippen molar-refractivity contribution in [3.8, 4) is 0 Å². The summed E-state index contributed by atoms with van der Waals surface area (Å²) >= 11 is 0. The molecule has 0 aliphatic carbocycles. The third-order valence-electron chi connectivity index (χ3n) is 4.64. The molecule has 0 bridgehead atoms. The van der Waals surface area contributed by atoms with Crippen molar-refractivity contribution in [2.45, 2.75) is 44.7 Å². The summed E-state index contributed by atoms with van der Waals surface area (Å²) in [4.78, 5) is 2.55. The van der Waals surface area contributed by atoms with Crippen LogP contribution in [0, 0.1) is 5.82 Å². The first kappa shape index (κ1) is 14.5. The van der Waals surface area contributed by atoms with Crippen LogP contribution in [-0.2, 0) is 0 Å². The van der Waals surface area contributed by atoms with Gasteiger partial charge < -0.3 is 5.32 Å². The van der Waals surface area contributed by atoms with Crippen molar-refractivity contribution < 1.29 is 4.39 Å². The van der Waals surface area contributed by atoms with Gasteiger partial charge in [-0.15, -0.1) is 0 Å². The van der Waals surface area contributed by atoms with Crippen molar-refractivity contribution in [3.05, 3.63) is 35.6 Å². The molecule has 3 heteroatoms. The third kappa shape index (κ3) is 2.82.